The molecule has 1 atom stereocenters. The van der Waals surface area contributed by atoms with E-state index in [0.29, 0.717) is 0 Å². The van der Waals surface area contributed by atoms with Crippen LogP contribution in [0, 0.1) is 11.7 Å². The Hall–Kier alpha value is -3.17. The Morgan fingerprint density at radius 3 is 2.69 bits per heavy atom. The van der Waals surface area contributed by atoms with Crippen molar-refractivity contribution in [1.29, 1.82) is 0 Å². The molecule has 3 rings (SSSR count). The number of carboxylic acid groups (broad SMARTS) is 1. The molecule has 10 heteroatoms. The smallest absolute Gasteiger partial charge is 0.341 e. The van der Waals surface area contributed by atoms with Crippen molar-refractivity contribution < 1.29 is 24.1 Å². The molecule has 0 aliphatic rings. The van der Waals surface area contributed by atoms with Crippen molar-refractivity contribution in [2.45, 2.75) is 26.4 Å². The lowest BCUT2D eigenvalue weighted by molar-refractivity contribution is 0.0694. The first-order chi connectivity index (χ1) is 15.2. The van der Waals surface area contributed by atoms with E-state index in [1.165, 1.54) is 30.0 Å². The Morgan fingerprint density at radius 1 is 1.38 bits per heavy atom. The summed E-state index contributed by atoms with van der Waals surface area (Å²) in [5.74, 6) is -1.93. The van der Waals surface area contributed by atoms with E-state index in [9.17, 15) is 24.2 Å². The number of carbonyl (C=O) groups is 1. The molecule has 2 aromatic heterocycles. The lowest BCUT2D eigenvalue weighted by Gasteiger charge is -2.24. The molecule has 0 spiro atoms. The topological polar surface area (TPSA) is 114 Å². The highest BCUT2D eigenvalue weighted by Gasteiger charge is 2.23. The van der Waals surface area contributed by atoms with Crippen LogP contribution >= 0.6 is 11.6 Å². The minimum absolute atomic E-state index is 0.0218. The number of aliphatic hydroxyl groups is 1. The van der Waals surface area contributed by atoms with E-state index in [2.05, 4.69) is 10.3 Å². The van der Waals surface area contributed by atoms with E-state index in [1.54, 1.807) is 12.1 Å². The average molecular weight is 464 g/mol. The minimum atomic E-state index is -1.39. The maximum absolute atomic E-state index is 14.2. The molecule has 0 saturated heterocycles. The number of rotatable bonds is 8. The zero-order chi connectivity index (χ0) is 23.6. The zero-order valence-electron chi connectivity index (χ0n) is 17.7. The van der Waals surface area contributed by atoms with E-state index in [-0.39, 0.29) is 52.3 Å². The van der Waals surface area contributed by atoms with Gasteiger partial charge in [0.1, 0.15) is 17.0 Å². The molecule has 0 unspecified atom stereocenters. The van der Waals surface area contributed by atoms with Crippen LogP contribution in [0.3, 0.4) is 0 Å². The van der Waals surface area contributed by atoms with Crippen molar-refractivity contribution in [1.82, 2.24) is 9.55 Å². The standard InChI is InChI=1S/C22H23ClFN3O5/c1-11(2)17(10-28)27-9-14(22(30)31)19(29)13-7-16(21(32-3)26-20(13)27)25-8-12-5-4-6-15(23)18(12)24/h4-7,9,11,17,25,28H,8,10H2,1-3H3,(H,30,31)/t17-/m1/s1. The molecular formula is C22H23ClFN3O5. The lowest BCUT2D eigenvalue weighted by atomic mass is 10.0. The van der Waals surface area contributed by atoms with Gasteiger partial charge in [-0.05, 0) is 18.1 Å². The summed E-state index contributed by atoms with van der Waals surface area (Å²) in [4.78, 5) is 29.0. The number of hydrogen-bond donors (Lipinski definition) is 3. The van der Waals surface area contributed by atoms with E-state index in [0.717, 1.165) is 0 Å². The second kappa shape index (κ2) is 9.54. The highest BCUT2D eigenvalue weighted by atomic mass is 35.5. The fraction of sp³-hybridized carbons (Fsp3) is 0.318. The molecule has 0 aliphatic heterocycles. The van der Waals surface area contributed by atoms with Crippen LogP contribution in [0.4, 0.5) is 10.1 Å². The molecule has 3 aromatic rings. The first kappa shape index (κ1) is 23.5. The second-order valence-corrected chi connectivity index (χ2v) is 7.97. The lowest BCUT2D eigenvalue weighted by Crippen LogP contribution is -2.26. The van der Waals surface area contributed by atoms with Gasteiger partial charge in [0.15, 0.2) is 0 Å². The second-order valence-electron chi connectivity index (χ2n) is 7.56. The SMILES string of the molecule is COc1nc2c(cc1NCc1cccc(Cl)c1F)c(=O)c(C(=O)O)cn2[C@H](CO)C(C)C. The third-order valence-corrected chi connectivity index (χ3v) is 5.50. The van der Waals surface area contributed by atoms with Gasteiger partial charge < -0.3 is 24.8 Å². The quantitative estimate of drug-likeness (QED) is 0.466. The summed E-state index contributed by atoms with van der Waals surface area (Å²) in [6.45, 7) is 3.46. The summed E-state index contributed by atoms with van der Waals surface area (Å²) in [6.07, 6.45) is 1.19. The van der Waals surface area contributed by atoms with Crippen LogP contribution in [-0.4, -0.2) is 39.5 Å². The van der Waals surface area contributed by atoms with E-state index >= 15 is 0 Å². The Labute approximate surface area is 188 Å². The first-order valence-corrected chi connectivity index (χ1v) is 10.2. The number of aromatic nitrogens is 2. The van der Waals surface area contributed by atoms with E-state index < -0.39 is 28.8 Å². The van der Waals surface area contributed by atoms with Gasteiger partial charge in [0.25, 0.3) is 0 Å². The molecule has 3 N–H and O–H groups in total. The van der Waals surface area contributed by atoms with Gasteiger partial charge in [0, 0.05) is 18.3 Å². The minimum Gasteiger partial charge on any atom is -0.479 e. The van der Waals surface area contributed by atoms with Crippen LogP contribution in [0.15, 0.2) is 35.3 Å². The highest BCUT2D eigenvalue weighted by Crippen LogP contribution is 2.30. The number of anilines is 1. The van der Waals surface area contributed by atoms with Crippen LogP contribution in [0.5, 0.6) is 5.88 Å². The maximum atomic E-state index is 14.2. The Bertz CT molecular complexity index is 1230. The number of nitrogens with zero attached hydrogens (tertiary/aromatic N) is 2. The third-order valence-electron chi connectivity index (χ3n) is 5.21. The number of carboxylic acids is 1. The normalized spacial score (nSPS) is 12.2. The number of methoxy groups -OCH3 is 1. The number of halogens is 2. The molecule has 8 nitrogen and oxygen atoms in total. The number of nitrogens with one attached hydrogen (secondary N) is 1. The van der Waals surface area contributed by atoms with Gasteiger partial charge in [-0.25, -0.2) is 9.18 Å². The zero-order valence-corrected chi connectivity index (χ0v) is 18.5. The Morgan fingerprint density at radius 2 is 2.09 bits per heavy atom. The third kappa shape index (κ3) is 4.39. The highest BCUT2D eigenvalue weighted by molar-refractivity contribution is 6.30. The van der Waals surface area contributed by atoms with Crippen LogP contribution in [-0.2, 0) is 6.54 Å². The van der Waals surface area contributed by atoms with Gasteiger partial charge in [-0.1, -0.05) is 37.6 Å². The van der Waals surface area contributed by atoms with Gasteiger partial charge in [-0.3, -0.25) is 4.79 Å². The molecule has 170 valence electrons. The molecule has 0 saturated carbocycles. The molecule has 0 amide bonds. The van der Waals surface area contributed by atoms with Crippen molar-refractivity contribution in [2.24, 2.45) is 5.92 Å². The summed E-state index contributed by atoms with van der Waals surface area (Å²) in [6, 6.07) is 5.49. The Balaban J connectivity index is 2.19. The van der Waals surface area contributed by atoms with Gasteiger partial charge in [0.05, 0.1) is 35.9 Å². The summed E-state index contributed by atoms with van der Waals surface area (Å²) < 4.78 is 21.1. The number of fused-ring (bicyclic) bond motifs is 1. The predicted octanol–water partition coefficient (Wildman–Crippen LogP) is 3.70. The van der Waals surface area contributed by atoms with Gasteiger partial charge in [0.2, 0.25) is 11.3 Å². The number of aromatic carboxylic acids is 1. The van der Waals surface area contributed by atoms with Crippen LogP contribution < -0.4 is 15.5 Å². The fourth-order valence-corrected chi connectivity index (χ4v) is 3.63. The molecule has 2 heterocycles. The maximum Gasteiger partial charge on any atom is 0.341 e. The summed E-state index contributed by atoms with van der Waals surface area (Å²) >= 11 is 5.83. The average Bonchev–Trinajstić information content (AvgIpc) is 2.75. The van der Waals surface area contributed by atoms with E-state index in [4.69, 9.17) is 16.3 Å². The largest absolute Gasteiger partial charge is 0.479 e. The molecule has 32 heavy (non-hydrogen) atoms. The van der Waals surface area contributed by atoms with Crippen molar-refractivity contribution >= 4 is 34.3 Å². The van der Waals surface area contributed by atoms with Crippen LogP contribution in [0.1, 0.15) is 35.8 Å². The van der Waals surface area contributed by atoms with Gasteiger partial charge in [-0.15, -0.1) is 0 Å². The number of pyridine rings is 2. The molecule has 0 fully saturated rings. The van der Waals surface area contributed by atoms with Gasteiger partial charge in [-0.2, -0.15) is 4.98 Å². The number of ether oxygens (including phenoxy) is 1. The van der Waals surface area contributed by atoms with Crippen LogP contribution in [0.25, 0.3) is 11.0 Å². The molecular weight excluding hydrogens is 441 g/mol. The molecule has 0 aliphatic carbocycles. The predicted molar refractivity (Wildman–Crippen MR) is 119 cm³/mol. The van der Waals surface area contributed by atoms with Crippen molar-refractivity contribution in [2.75, 3.05) is 19.0 Å². The van der Waals surface area contributed by atoms with E-state index in [1.807, 2.05) is 13.8 Å². The number of aliphatic hydroxyl groups excluding tert-OH is 1. The number of benzene rings is 1. The fourth-order valence-electron chi connectivity index (χ4n) is 3.44. The summed E-state index contributed by atoms with van der Waals surface area (Å²) in [5, 5.41) is 22.4. The van der Waals surface area contributed by atoms with Crippen LogP contribution in [0.2, 0.25) is 5.02 Å². The van der Waals surface area contributed by atoms with Crippen molar-refractivity contribution in [3.63, 3.8) is 0 Å². The Kier molecular flexibility index (Phi) is 7.00. The van der Waals surface area contributed by atoms with Crippen molar-refractivity contribution in [3.8, 4) is 5.88 Å². The van der Waals surface area contributed by atoms with Gasteiger partial charge >= 0.3 is 5.97 Å². The first-order valence-electron chi connectivity index (χ1n) is 9.84. The molecule has 0 bridgehead atoms. The molecule has 1 aromatic carbocycles. The monoisotopic (exact) mass is 463 g/mol. The summed E-state index contributed by atoms with van der Waals surface area (Å²) in [7, 11) is 1.39. The number of hydrogen-bond acceptors (Lipinski definition) is 6. The molecule has 0 radical (unpaired) electrons. The van der Waals surface area contributed by atoms with Crippen molar-refractivity contribution in [3.05, 3.63) is 62.7 Å². The summed E-state index contributed by atoms with van der Waals surface area (Å²) in [5.41, 5.74) is -0.442.